The number of alkyl halides is 3. The highest BCUT2D eigenvalue weighted by Gasteiger charge is 2.55. The van der Waals surface area contributed by atoms with Gasteiger partial charge in [-0.2, -0.15) is 13.2 Å². The van der Waals surface area contributed by atoms with Crippen LogP contribution in [0.1, 0.15) is 12.5 Å². The second-order valence-corrected chi connectivity index (χ2v) is 5.45. The predicted molar refractivity (Wildman–Crippen MR) is 76.6 cm³/mol. The zero-order chi connectivity index (χ0) is 17.1. The molecule has 0 bridgehead atoms. The van der Waals surface area contributed by atoms with E-state index in [1.165, 1.54) is 24.3 Å². The molecule has 1 aliphatic rings. The Balaban J connectivity index is 2.12. The van der Waals surface area contributed by atoms with Gasteiger partial charge in [-0.05, 0) is 12.5 Å². The van der Waals surface area contributed by atoms with E-state index in [2.05, 4.69) is 10.6 Å². The molecule has 1 aliphatic heterocycles. The number of hydrogen-bond donors (Lipinski definition) is 3. The van der Waals surface area contributed by atoms with Gasteiger partial charge in [0.1, 0.15) is 6.04 Å². The lowest BCUT2D eigenvalue weighted by Crippen LogP contribution is -2.58. The highest BCUT2D eigenvalue weighted by Crippen LogP contribution is 2.38. The largest absolute Gasteiger partial charge is 0.423 e. The van der Waals surface area contributed by atoms with Crippen molar-refractivity contribution in [2.75, 3.05) is 19.7 Å². The van der Waals surface area contributed by atoms with Crippen molar-refractivity contribution in [2.45, 2.75) is 30.8 Å². The maximum atomic E-state index is 13.3. The lowest BCUT2D eigenvalue weighted by molar-refractivity contribution is -0.264. The number of nitrogens with one attached hydrogen (secondary N) is 2. The molecule has 23 heavy (non-hydrogen) atoms. The molecular weight excluding hydrogens is 313 g/mol. The first-order chi connectivity index (χ1) is 10.8. The van der Waals surface area contributed by atoms with Crippen LogP contribution in [0.5, 0.6) is 0 Å². The molecule has 8 heteroatoms. The molecule has 1 heterocycles. The van der Waals surface area contributed by atoms with E-state index in [9.17, 15) is 23.1 Å². The number of halogens is 3. The fourth-order valence-corrected chi connectivity index (χ4v) is 2.43. The third kappa shape index (κ3) is 3.82. The van der Waals surface area contributed by atoms with Gasteiger partial charge in [0.15, 0.2) is 0 Å². The minimum atomic E-state index is -4.93. The van der Waals surface area contributed by atoms with Gasteiger partial charge in [-0.3, -0.25) is 4.79 Å². The van der Waals surface area contributed by atoms with Crippen LogP contribution in [0.4, 0.5) is 13.2 Å². The van der Waals surface area contributed by atoms with Crippen molar-refractivity contribution in [1.82, 2.24) is 10.6 Å². The van der Waals surface area contributed by atoms with Gasteiger partial charge < -0.3 is 20.5 Å². The molecular formula is C15H19F3N2O3. The maximum absolute atomic E-state index is 13.3. The van der Waals surface area contributed by atoms with E-state index >= 15 is 0 Å². The van der Waals surface area contributed by atoms with Gasteiger partial charge in [-0.15, -0.1) is 0 Å². The third-order valence-corrected chi connectivity index (χ3v) is 3.84. The second-order valence-electron chi connectivity index (χ2n) is 5.45. The fraction of sp³-hybridized carbons (Fsp3) is 0.533. The molecule has 2 rings (SSSR count). The minimum Gasteiger partial charge on any atom is -0.375 e. The Morgan fingerprint density at radius 3 is 2.61 bits per heavy atom. The zero-order valence-corrected chi connectivity index (χ0v) is 12.6. The quantitative estimate of drug-likeness (QED) is 0.767. The number of carbonyl (C=O) groups is 1. The monoisotopic (exact) mass is 332 g/mol. The molecule has 3 atom stereocenters. The molecule has 1 unspecified atom stereocenters. The Morgan fingerprint density at radius 1 is 1.39 bits per heavy atom. The molecule has 0 radical (unpaired) electrons. The molecule has 128 valence electrons. The van der Waals surface area contributed by atoms with Crippen LogP contribution in [0.2, 0.25) is 0 Å². The van der Waals surface area contributed by atoms with E-state index in [1.54, 1.807) is 13.0 Å². The minimum absolute atomic E-state index is 0.325. The molecule has 5 nitrogen and oxygen atoms in total. The number of carbonyl (C=O) groups excluding carboxylic acids is 1. The van der Waals surface area contributed by atoms with Crippen molar-refractivity contribution in [3.63, 3.8) is 0 Å². The van der Waals surface area contributed by atoms with Crippen molar-refractivity contribution >= 4 is 5.91 Å². The molecule has 1 aromatic carbocycles. The van der Waals surface area contributed by atoms with Gasteiger partial charge in [0.05, 0.1) is 19.3 Å². The Labute approximate surface area is 131 Å². The van der Waals surface area contributed by atoms with E-state index in [0.29, 0.717) is 13.2 Å². The Bertz CT molecular complexity index is 539. The van der Waals surface area contributed by atoms with E-state index in [0.717, 1.165) is 0 Å². The molecule has 1 saturated heterocycles. The normalized spacial score (nSPS) is 24.7. The van der Waals surface area contributed by atoms with Crippen LogP contribution < -0.4 is 10.6 Å². The zero-order valence-electron chi connectivity index (χ0n) is 12.6. The summed E-state index contributed by atoms with van der Waals surface area (Å²) in [5.74, 6) is -0.643. The molecule has 1 fully saturated rings. The summed E-state index contributed by atoms with van der Waals surface area (Å²) in [6.45, 7) is 1.56. The van der Waals surface area contributed by atoms with Crippen molar-refractivity contribution in [1.29, 1.82) is 0 Å². The number of aliphatic hydroxyl groups is 1. The van der Waals surface area contributed by atoms with Crippen LogP contribution in [-0.4, -0.2) is 49.0 Å². The average molecular weight is 332 g/mol. The summed E-state index contributed by atoms with van der Waals surface area (Å²) in [6.07, 6.45) is -5.39. The number of amides is 1. The average Bonchev–Trinajstić information content (AvgIpc) is 2.52. The Kier molecular flexibility index (Phi) is 5.28. The van der Waals surface area contributed by atoms with Crippen molar-refractivity contribution in [3.05, 3.63) is 35.9 Å². The van der Waals surface area contributed by atoms with Crippen LogP contribution in [0.3, 0.4) is 0 Å². The van der Waals surface area contributed by atoms with Gasteiger partial charge in [0.2, 0.25) is 11.5 Å². The van der Waals surface area contributed by atoms with Crippen LogP contribution in [0, 0.1) is 0 Å². The van der Waals surface area contributed by atoms with Crippen LogP contribution in [0.15, 0.2) is 30.3 Å². The van der Waals surface area contributed by atoms with Gasteiger partial charge in [0.25, 0.3) is 0 Å². The first-order valence-corrected chi connectivity index (χ1v) is 7.23. The predicted octanol–water partition coefficient (Wildman–Crippen LogP) is 0.930. The summed E-state index contributed by atoms with van der Waals surface area (Å²) < 4.78 is 45.2. The first kappa shape index (κ1) is 17.7. The molecule has 0 aliphatic carbocycles. The molecule has 0 aromatic heterocycles. The lowest BCUT2D eigenvalue weighted by atomic mass is 9.92. The lowest BCUT2D eigenvalue weighted by Gasteiger charge is -2.33. The van der Waals surface area contributed by atoms with E-state index in [4.69, 9.17) is 4.74 Å². The summed E-state index contributed by atoms with van der Waals surface area (Å²) in [5.41, 5.74) is -3.48. The standard InChI is InChI=1S/C15H19F3N2O3/c1-10-12(19-7-8-23-10)13(21)20-9-14(22,15(16,17)18)11-5-3-2-4-6-11/h2-6,10,12,19,22H,7-9H2,1H3,(H,20,21)/t10-,12+,14?/m1/s1. The maximum Gasteiger partial charge on any atom is 0.423 e. The summed E-state index contributed by atoms with van der Waals surface area (Å²) in [4.78, 5) is 12.1. The van der Waals surface area contributed by atoms with E-state index in [-0.39, 0.29) is 5.56 Å². The van der Waals surface area contributed by atoms with E-state index < -0.39 is 36.4 Å². The van der Waals surface area contributed by atoms with Crippen LogP contribution in [0.25, 0.3) is 0 Å². The Morgan fingerprint density at radius 2 is 2.04 bits per heavy atom. The number of ether oxygens (including phenoxy) is 1. The van der Waals surface area contributed by atoms with E-state index in [1.807, 2.05) is 0 Å². The topological polar surface area (TPSA) is 70.6 Å². The molecule has 0 saturated carbocycles. The highest BCUT2D eigenvalue weighted by molar-refractivity contribution is 5.82. The summed E-state index contributed by atoms with van der Waals surface area (Å²) in [6, 6.07) is 5.93. The molecule has 1 aromatic rings. The number of rotatable bonds is 4. The molecule has 0 spiro atoms. The highest BCUT2D eigenvalue weighted by atomic mass is 19.4. The van der Waals surface area contributed by atoms with Crippen molar-refractivity contribution in [3.8, 4) is 0 Å². The fourth-order valence-electron chi connectivity index (χ4n) is 2.43. The van der Waals surface area contributed by atoms with Crippen LogP contribution in [-0.2, 0) is 15.1 Å². The number of morpholine rings is 1. The molecule has 1 amide bonds. The third-order valence-electron chi connectivity index (χ3n) is 3.84. The number of hydrogen-bond acceptors (Lipinski definition) is 4. The van der Waals surface area contributed by atoms with Crippen molar-refractivity contribution in [2.24, 2.45) is 0 Å². The van der Waals surface area contributed by atoms with Gasteiger partial charge in [-0.1, -0.05) is 30.3 Å². The van der Waals surface area contributed by atoms with Crippen LogP contribution >= 0.6 is 0 Å². The second kappa shape index (κ2) is 6.86. The molecule has 3 N–H and O–H groups in total. The summed E-state index contributed by atoms with van der Waals surface area (Å²) >= 11 is 0. The SMILES string of the molecule is C[C@H]1OCCN[C@@H]1C(=O)NCC(O)(c1ccccc1)C(F)(F)F. The summed E-state index contributed by atoms with van der Waals surface area (Å²) in [7, 11) is 0. The number of benzene rings is 1. The van der Waals surface area contributed by atoms with Gasteiger partial charge in [-0.25, -0.2) is 0 Å². The first-order valence-electron chi connectivity index (χ1n) is 7.23. The smallest absolute Gasteiger partial charge is 0.375 e. The van der Waals surface area contributed by atoms with Gasteiger partial charge in [0, 0.05) is 6.54 Å². The Hall–Kier alpha value is -1.64. The van der Waals surface area contributed by atoms with Crippen molar-refractivity contribution < 1.29 is 27.8 Å². The van der Waals surface area contributed by atoms with Gasteiger partial charge >= 0.3 is 6.18 Å². The summed E-state index contributed by atoms with van der Waals surface area (Å²) in [5, 5.41) is 15.2.